The van der Waals surface area contributed by atoms with Gasteiger partial charge in [-0.25, -0.2) is 4.79 Å². The second-order valence-electron chi connectivity index (χ2n) is 3.00. The summed E-state index contributed by atoms with van der Waals surface area (Å²) in [6.45, 7) is 2.95. The van der Waals surface area contributed by atoms with Crippen molar-refractivity contribution in [2.24, 2.45) is 0 Å². The standard InChI is InChI=1S/C10H11NO3S/c1-6(8-3-4-15-5-8)9(10(13)14)11-7(2)12/h3-5H,1-2H3,(H,11,12)(H,13,14). The summed E-state index contributed by atoms with van der Waals surface area (Å²) in [4.78, 5) is 21.7. The van der Waals surface area contributed by atoms with Crippen LogP contribution in [-0.4, -0.2) is 17.0 Å². The number of carboxylic acid groups (broad SMARTS) is 1. The molecule has 0 aliphatic rings. The predicted octanol–water partition coefficient (Wildman–Crippen LogP) is 1.70. The Morgan fingerprint density at radius 3 is 2.47 bits per heavy atom. The van der Waals surface area contributed by atoms with Crippen LogP contribution in [0.4, 0.5) is 0 Å². The maximum atomic E-state index is 10.9. The molecule has 0 atom stereocenters. The Hall–Kier alpha value is -1.62. The fourth-order valence-electron chi connectivity index (χ4n) is 1.11. The Labute approximate surface area is 91.2 Å². The van der Waals surface area contributed by atoms with Crippen LogP contribution in [0.1, 0.15) is 19.4 Å². The van der Waals surface area contributed by atoms with Crippen molar-refractivity contribution in [3.63, 3.8) is 0 Å². The van der Waals surface area contributed by atoms with Gasteiger partial charge in [-0.3, -0.25) is 4.79 Å². The molecule has 1 aromatic rings. The van der Waals surface area contributed by atoms with Gasteiger partial charge in [-0.05, 0) is 34.9 Å². The van der Waals surface area contributed by atoms with E-state index in [0.717, 1.165) is 5.56 Å². The number of amides is 1. The summed E-state index contributed by atoms with van der Waals surface area (Å²) in [5.41, 5.74) is 1.30. The number of allylic oxidation sites excluding steroid dienone is 1. The zero-order valence-electron chi connectivity index (χ0n) is 8.40. The molecule has 4 nitrogen and oxygen atoms in total. The summed E-state index contributed by atoms with van der Waals surface area (Å²) in [5, 5.41) is 14.9. The molecule has 5 heteroatoms. The van der Waals surface area contributed by atoms with E-state index in [1.807, 2.05) is 16.8 Å². The quantitative estimate of drug-likeness (QED) is 0.769. The minimum atomic E-state index is -1.13. The molecule has 0 radical (unpaired) electrons. The summed E-state index contributed by atoms with van der Waals surface area (Å²) < 4.78 is 0. The highest BCUT2D eigenvalue weighted by Crippen LogP contribution is 2.19. The van der Waals surface area contributed by atoms with Gasteiger partial charge in [-0.1, -0.05) is 0 Å². The summed E-state index contributed by atoms with van der Waals surface area (Å²) in [7, 11) is 0. The third-order valence-corrected chi connectivity index (χ3v) is 2.53. The Morgan fingerprint density at radius 1 is 1.40 bits per heavy atom. The molecule has 0 spiro atoms. The van der Waals surface area contributed by atoms with Gasteiger partial charge in [0.15, 0.2) is 0 Å². The lowest BCUT2D eigenvalue weighted by molar-refractivity contribution is -0.134. The molecule has 0 aromatic carbocycles. The summed E-state index contributed by atoms with van der Waals surface area (Å²) in [6, 6.07) is 1.81. The molecule has 0 aliphatic carbocycles. The number of hydrogen-bond acceptors (Lipinski definition) is 3. The molecule has 0 unspecified atom stereocenters. The first-order valence-corrected chi connectivity index (χ1v) is 5.21. The fraction of sp³-hybridized carbons (Fsp3) is 0.200. The van der Waals surface area contributed by atoms with Crippen molar-refractivity contribution in [1.82, 2.24) is 5.32 Å². The third-order valence-electron chi connectivity index (χ3n) is 1.84. The van der Waals surface area contributed by atoms with Gasteiger partial charge >= 0.3 is 5.97 Å². The molecule has 0 fully saturated rings. The topological polar surface area (TPSA) is 66.4 Å². The molecule has 1 amide bonds. The molecule has 15 heavy (non-hydrogen) atoms. The Bertz CT molecular complexity index is 406. The highest BCUT2D eigenvalue weighted by atomic mass is 32.1. The summed E-state index contributed by atoms with van der Waals surface area (Å²) in [6.07, 6.45) is 0. The number of thiophene rings is 1. The first-order valence-electron chi connectivity index (χ1n) is 4.26. The van der Waals surface area contributed by atoms with Crippen molar-refractivity contribution in [2.75, 3.05) is 0 Å². The van der Waals surface area contributed by atoms with E-state index in [9.17, 15) is 9.59 Å². The minimum Gasteiger partial charge on any atom is -0.477 e. The van der Waals surface area contributed by atoms with Crippen LogP contribution in [0.5, 0.6) is 0 Å². The molecule has 0 saturated heterocycles. The lowest BCUT2D eigenvalue weighted by Crippen LogP contribution is -2.25. The van der Waals surface area contributed by atoms with Gasteiger partial charge in [0.25, 0.3) is 0 Å². The highest BCUT2D eigenvalue weighted by Gasteiger charge is 2.14. The van der Waals surface area contributed by atoms with Crippen molar-refractivity contribution < 1.29 is 14.7 Å². The van der Waals surface area contributed by atoms with Crippen molar-refractivity contribution in [3.05, 3.63) is 28.1 Å². The van der Waals surface area contributed by atoms with Crippen LogP contribution in [0.2, 0.25) is 0 Å². The smallest absolute Gasteiger partial charge is 0.352 e. The number of aliphatic carboxylic acids is 1. The van der Waals surface area contributed by atoms with Crippen molar-refractivity contribution >= 4 is 28.8 Å². The van der Waals surface area contributed by atoms with Gasteiger partial charge in [0.2, 0.25) is 5.91 Å². The van der Waals surface area contributed by atoms with Crippen LogP contribution >= 0.6 is 11.3 Å². The van der Waals surface area contributed by atoms with Gasteiger partial charge in [0, 0.05) is 6.92 Å². The van der Waals surface area contributed by atoms with E-state index in [-0.39, 0.29) is 11.6 Å². The lowest BCUT2D eigenvalue weighted by atomic mass is 10.1. The van der Waals surface area contributed by atoms with Gasteiger partial charge in [0.1, 0.15) is 5.70 Å². The summed E-state index contributed by atoms with van der Waals surface area (Å²) >= 11 is 1.48. The number of carbonyl (C=O) groups is 2. The van der Waals surface area contributed by atoms with Crippen molar-refractivity contribution in [1.29, 1.82) is 0 Å². The molecule has 0 bridgehead atoms. The van der Waals surface area contributed by atoms with Gasteiger partial charge in [0.05, 0.1) is 0 Å². The van der Waals surface area contributed by atoms with Crippen LogP contribution in [0.25, 0.3) is 5.57 Å². The molecular weight excluding hydrogens is 214 g/mol. The lowest BCUT2D eigenvalue weighted by Gasteiger charge is -2.07. The molecule has 1 rings (SSSR count). The van der Waals surface area contributed by atoms with Crippen LogP contribution in [-0.2, 0) is 9.59 Å². The fourth-order valence-corrected chi connectivity index (χ4v) is 1.81. The van der Waals surface area contributed by atoms with E-state index >= 15 is 0 Å². The highest BCUT2D eigenvalue weighted by molar-refractivity contribution is 7.08. The van der Waals surface area contributed by atoms with E-state index in [2.05, 4.69) is 5.32 Å². The van der Waals surface area contributed by atoms with Gasteiger partial charge in [-0.15, -0.1) is 0 Å². The van der Waals surface area contributed by atoms with Crippen LogP contribution in [0.3, 0.4) is 0 Å². The predicted molar refractivity (Wildman–Crippen MR) is 58.4 cm³/mol. The van der Waals surface area contributed by atoms with Gasteiger partial charge in [-0.2, -0.15) is 11.3 Å². The first-order chi connectivity index (χ1) is 7.02. The Morgan fingerprint density at radius 2 is 2.07 bits per heavy atom. The number of nitrogens with one attached hydrogen (secondary N) is 1. The zero-order valence-corrected chi connectivity index (χ0v) is 9.22. The molecule has 2 N–H and O–H groups in total. The maximum Gasteiger partial charge on any atom is 0.352 e. The van der Waals surface area contributed by atoms with Crippen LogP contribution < -0.4 is 5.32 Å². The first kappa shape index (κ1) is 11.5. The molecule has 1 heterocycles. The SMILES string of the molecule is CC(=O)NC(C(=O)O)=C(C)c1ccsc1. The largest absolute Gasteiger partial charge is 0.477 e. The molecule has 80 valence electrons. The number of rotatable bonds is 3. The third kappa shape index (κ3) is 2.92. The zero-order chi connectivity index (χ0) is 11.4. The van der Waals surface area contributed by atoms with E-state index < -0.39 is 5.97 Å². The van der Waals surface area contributed by atoms with Crippen molar-refractivity contribution in [3.8, 4) is 0 Å². The Balaban J connectivity index is 3.10. The van der Waals surface area contributed by atoms with E-state index in [1.165, 1.54) is 18.3 Å². The molecule has 1 aromatic heterocycles. The minimum absolute atomic E-state index is 0.0686. The van der Waals surface area contributed by atoms with E-state index in [4.69, 9.17) is 5.11 Å². The van der Waals surface area contributed by atoms with E-state index in [0.29, 0.717) is 5.57 Å². The maximum absolute atomic E-state index is 10.9. The van der Waals surface area contributed by atoms with E-state index in [1.54, 1.807) is 6.92 Å². The second kappa shape index (κ2) is 4.75. The molecular formula is C10H11NO3S. The normalized spacial score (nSPS) is 11.9. The molecule has 0 aliphatic heterocycles. The van der Waals surface area contributed by atoms with Crippen LogP contribution in [0.15, 0.2) is 22.5 Å². The molecule has 0 saturated carbocycles. The van der Waals surface area contributed by atoms with Crippen molar-refractivity contribution in [2.45, 2.75) is 13.8 Å². The average molecular weight is 225 g/mol. The van der Waals surface area contributed by atoms with Crippen LogP contribution in [0, 0.1) is 0 Å². The number of hydrogen-bond donors (Lipinski definition) is 2. The van der Waals surface area contributed by atoms with Gasteiger partial charge < -0.3 is 10.4 Å². The number of carbonyl (C=O) groups excluding carboxylic acids is 1. The Kier molecular flexibility index (Phi) is 3.62. The average Bonchev–Trinajstić information content (AvgIpc) is 2.65. The monoisotopic (exact) mass is 225 g/mol. The summed E-state index contributed by atoms with van der Waals surface area (Å²) in [5.74, 6) is -1.52. The number of carboxylic acids is 1. The second-order valence-corrected chi connectivity index (χ2v) is 3.78.